The molecule has 4 heteroatoms. The van der Waals surface area contributed by atoms with E-state index in [1.165, 1.54) is 0 Å². The van der Waals surface area contributed by atoms with Gasteiger partial charge in [0.2, 0.25) is 0 Å². The number of fused-ring (bicyclic) bond motifs is 1. The van der Waals surface area contributed by atoms with Crippen LogP contribution in [0.25, 0.3) is 16.8 Å². The summed E-state index contributed by atoms with van der Waals surface area (Å²) in [6.07, 6.45) is 8.95. The van der Waals surface area contributed by atoms with Gasteiger partial charge in [0, 0.05) is 10.9 Å². The fourth-order valence-corrected chi connectivity index (χ4v) is 3.89. The molecule has 1 fully saturated rings. The Morgan fingerprint density at radius 1 is 1.15 bits per heavy atom. The van der Waals surface area contributed by atoms with Gasteiger partial charge in [-0.2, -0.15) is 8.78 Å². The van der Waals surface area contributed by atoms with Crippen molar-refractivity contribution in [1.82, 2.24) is 0 Å². The molecule has 3 rings (SSSR count). The molecule has 0 heterocycles. The molecule has 138 valence electrons. The first-order valence-corrected chi connectivity index (χ1v) is 8.99. The Kier molecular flexibility index (Phi) is 5.70. The van der Waals surface area contributed by atoms with E-state index in [1.54, 1.807) is 18.2 Å². The molecule has 1 saturated carbocycles. The van der Waals surface area contributed by atoms with E-state index in [1.807, 2.05) is 31.2 Å². The van der Waals surface area contributed by atoms with Crippen LogP contribution in [0.4, 0.5) is 13.2 Å². The van der Waals surface area contributed by atoms with Crippen molar-refractivity contribution in [2.75, 3.05) is 0 Å². The Morgan fingerprint density at radius 2 is 1.88 bits per heavy atom. The molecule has 1 aliphatic carbocycles. The smallest absolute Gasteiger partial charge is 0.387 e. The molecule has 1 aliphatic rings. The predicted molar refractivity (Wildman–Crippen MR) is 100 cm³/mol. The Labute approximate surface area is 152 Å². The van der Waals surface area contributed by atoms with Gasteiger partial charge in [-0.05, 0) is 67.5 Å². The van der Waals surface area contributed by atoms with Crippen LogP contribution in [0.2, 0.25) is 0 Å². The molecule has 26 heavy (non-hydrogen) atoms. The van der Waals surface area contributed by atoms with E-state index in [9.17, 15) is 8.78 Å². The molecule has 0 N–H and O–H groups in total. The molecule has 1 nitrogen and oxygen atoms in total. The van der Waals surface area contributed by atoms with E-state index in [-0.39, 0.29) is 11.7 Å². The molecule has 2 aromatic carbocycles. The molecular formula is C22H23F3O. The molecular weight excluding hydrogens is 337 g/mol. The van der Waals surface area contributed by atoms with Crippen molar-refractivity contribution in [3.05, 3.63) is 59.9 Å². The second-order valence-electron chi connectivity index (χ2n) is 6.81. The average Bonchev–Trinajstić information content (AvgIpc) is 2.62. The van der Waals surface area contributed by atoms with Gasteiger partial charge in [0.1, 0.15) is 11.6 Å². The van der Waals surface area contributed by atoms with Crippen molar-refractivity contribution in [2.24, 2.45) is 5.92 Å². The van der Waals surface area contributed by atoms with Crippen molar-refractivity contribution in [3.8, 4) is 5.75 Å². The predicted octanol–water partition coefficient (Wildman–Crippen LogP) is 7.07. The van der Waals surface area contributed by atoms with Gasteiger partial charge in [-0.3, -0.25) is 0 Å². The minimum Gasteiger partial charge on any atom is -0.434 e. The third-order valence-corrected chi connectivity index (χ3v) is 5.19. The maximum Gasteiger partial charge on any atom is 0.387 e. The summed E-state index contributed by atoms with van der Waals surface area (Å²) in [5.74, 6) is -0.172. The van der Waals surface area contributed by atoms with E-state index in [4.69, 9.17) is 4.74 Å². The van der Waals surface area contributed by atoms with E-state index in [0.29, 0.717) is 22.3 Å². The summed E-state index contributed by atoms with van der Waals surface area (Å²) in [5.41, 5.74) is 1.18. The van der Waals surface area contributed by atoms with Gasteiger partial charge >= 0.3 is 6.61 Å². The van der Waals surface area contributed by atoms with Gasteiger partial charge < -0.3 is 4.74 Å². The summed E-state index contributed by atoms with van der Waals surface area (Å²) in [4.78, 5) is 0. The molecule has 0 radical (unpaired) electrons. The lowest BCUT2D eigenvalue weighted by Gasteiger charge is -2.29. The minimum atomic E-state index is -2.98. The lowest BCUT2D eigenvalue weighted by atomic mass is 9.78. The van der Waals surface area contributed by atoms with E-state index in [2.05, 4.69) is 6.58 Å². The first kappa shape index (κ1) is 18.6. The van der Waals surface area contributed by atoms with Crippen LogP contribution in [-0.2, 0) is 0 Å². The Bertz CT molecular complexity index is 818. The molecule has 0 bridgehead atoms. The standard InChI is InChI=1S/C22H23F3O/c1-3-5-15-8-11-18-17(12-15)13-19(26-22(24)25)20(21(18)23)16-9-6-14(4-2)7-10-16/h3-5,8,11-14,16,22H,2,6-7,9-10H2,1H3/b5-3+. The van der Waals surface area contributed by atoms with Crippen LogP contribution in [0, 0.1) is 11.7 Å². The van der Waals surface area contributed by atoms with Gasteiger partial charge in [0.25, 0.3) is 0 Å². The third-order valence-electron chi connectivity index (χ3n) is 5.19. The highest BCUT2D eigenvalue weighted by molar-refractivity contribution is 5.88. The second kappa shape index (κ2) is 7.98. The van der Waals surface area contributed by atoms with Crippen LogP contribution < -0.4 is 4.74 Å². The van der Waals surface area contributed by atoms with E-state index in [0.717, 1.165) is 31.2 Å². The summed E-state index contributed by atoms with van der Waals surface area (Å²) in [7, 11) is 0. The fourth-order valence-electron chi connectivity index (χ4n) is 3.89. The highest BCUT2D eigenvalue weighted by atomic mass is 19.3. The lowest BCUT2D eigenvalue weighted by molar-refractivity contribution is -0.0508. The molecule has 0 aliphatic heterocycles. The SMILES string of the molecule is C=CC1CCC(c2c(OC(F)F)cc3cc(/C=C/C)ccc3c2F)CC1. The van der Waals surface area contributed by atoms with Crippen molar-refractivity contribution < 1.29 is 17.9 Å². The maximum absolute atomic E-state index is 15.3. The van der Waals surface area contributed by atoms with Crippen molar-refractivity contribution in [2.45, 2.75) is 45.1 Å². The van der Waals surface area contributed by atoms with Crippen LogP contribution >= 0.6 is 0 Å². The molecule has 2 aromatic rings. The van der Waals surface area contributed by atoms with Crippen molar-refractivity contribution in [3.63, 3.8) is 0 Å². The molecule has 0 spiro atoms. The molecule has 0 amide bonds. The number of rotatable bonds is 5. The highest BCUT2D eigenvalue weighted by Crippen LogP contribution is 2.43. The monoisotopic (exact) mass is 360 g/mol. The Hall–Kier alpha value is -2.23. The van der Waals surface area contributed by atoms with Gasteiger partial charge in [0.15, 0.2) is 0 Å². The van der Waals surface area contributed by atoms with Crippen LogP contribution in [0.1, 0.15) is 49.7 Å². The number of allylic oxidation sites excluding steroid dienone is 2. The van der Waals surface area contributed by atoms with E-state index < -0.39 is 12.4 Å². The molecule has 0 aromatic heterocycles. The van der Waals surface area contributed by atoms with Gasteiger partial charge in [-0.15, -0.1) is 6.58 Å². The van der Waals surface area contributed by atoms with Crippen LogP contribution in [0.3, 0.4) is 0 Å². The first-order valence-electron chi connectivity index (χ1n) is 8.99. The highest BCUT2D eigenvalue weighted by Gasteiger charge is 2.28. The van der Waals surface area contributed by atoms with Crippen molar-refractivity contribution in [1.29, 1.82) is 0 Å². The summed E-state index contributed by atoms with van der Waals surface area (Å²) in [5, 5.41) is 1.01. The van der Waals surface area contributed by atoms with Crippen LogP contribution in [0.5, 0.6) is 5.75 Å². The number of hydrogen-bond acceptors (Lipinski definition) is 1. The van der Waals surface area contributed by atoms with Crippen LogP contribution in [0.15, 0.2) is 43.0 Å². The summed E-state index contributed by atoms with van der Waals surface area (Å²) >= 11 is 0. The van der Waals surface area contributed by atoms with E-state index >= 15 is 4.39 Å². The minimum absolute atomic E-state index is 0.0373. The zero-order chi connectivity index (χ0) is 18.7. The van der Waals surface area contributed by atoms with Gasteiger partial charge in [0.05, 0.1) is 0 Å². The molecule has 0 unspecified atom stereocenters. The van der Waals surface area contributed by atoms with Crippen LogP contribution in [-0.4, -0.2) is 6.61 Å². The molecule has 0 atom stereocenters. The summed E-state index contributed by atoms with van der Waals surface area (Å²) < 4.78 is 45.9. The number of hydrogen-bond donors (Lipinski definition) is 0. The summed E-state index contributed by atoms with van der Waals surface area (Å²) in [6.45, 7) is 2.73. The van der Waals surface area contributed by atoms with Gasteiger partial charge in [-0.1, -0.05) is 30.4 Å². The Balaban J connectivity index is 2.09. The quantitative estimate of drug-likeness (QED) is 0.518. The van der Waals surface area contributed by atoms with Crippen molar-refractivity contribution >= 4 is 16.8 Å². The zero-order valence-electron chi connectivity index (χ0n) is 14.9. The number of halogens is 3. The fraction of sp³-hybridized carbons (Fsp3) is 0.364. The largest absolute Gasteiger partial charge is 0.434 e. The number of alkyl halides is 2. The normalized spacial score (nSPS) is 20.8. The Morgan fingerprint density at radius 3 is 2.50 bits per heavy atom. The first-order chi connectivity index (χ1) is 12.5. The average molecular weight is 360 g/mol. The third kappa shape index (κ3) is 3.79. The zero-order valence-corrected chi connectivity index (χ0v) is 14.9. The summed E-state index contributed by atoms with van der Waals surface area (Å²) in [6, 6.07) is 6.88. The molecule has 0 saturated heterocycles. The topological polar surface area (TPSA) is 9.23 Å². The number of ether oxygens (including phenoxy) is 1. The number of benzene rings is 2. The second-order valence-corrected chi connectivity index (χ2v) is 6.81. The maximum atomic E-state index is 15.3. The lowest BCUT2D eigenvalue weighted by Crippen LogP contribution is -2.15. The van der Waals surface area contributed by atoms with Gasteiger partial charge in [-0.25, -0.2) is 4.39 Å².